The first-order chi connectivity index (χ1) is 8.00. The van der Waals surface area contributed by atoms with E-state index in [1.54, 1.807) is 0 Å². The van der Waals surface area contributed by atoms with Crippen LogP contribution in [0.4, 0.5) is 0 Å². The standard InChI is InChI=1S/2C8H12.Pd/c2*1-2-4-6-8-7-5-3-1;/h2*1-4H,5-8H2;. The third kappa shape index (κ3) is 11.9. The van der Waals surface area contributed by atoms with E-state index in [4.69, 9.17) is 0 Å². The molecule has 0 nitrogen and oxygen atoms in total. The first-order valence-corrected chi connectivity index (χ1v) is 6.63. The summed E-state index contributed by atoms with van der Waals surface area (Å²) in [4.78, 5) is 0. The maximum atomic E-state index is 2.23. The molecule has 2 aliphatic rings. The molecule has 0 saturated heterocycles. The van der Waals surface area contributed by atoms with Gasteiger partial charge < -0.3 is 0 Å². The molecule has 0 aliphatic heterocycles. The van der Waals surface area contributed by atoms with Crippen molar-refractivity contribution in [3.63, 3.8) is 0 Å². The maximum absolute atomic E-state index is 2.23. The fourth-order valence-electron chi connectivity index (χ4n) is 1.75. The van der Waals surface area contributed by atoms with Gasteiger partial charge in [0.15, 0.2) is 0 Å². The molecule has 0 atom stereocenters. The van der Waals surface area contributed by atoms with Gasteiger partial charge in [0.1, 0.15) is 0 Å². The van der Waals surface area contributed by atoms with Crippen LogP contribution >= 0.6 is 0 Å². The Bertz CT molecular complexity index is 203. The van der Waals surface area contributed by atoms with E-state index in [1.807, 2.05) is 0 Å². The third-order valence-electron chi connectivity index (χ3n) is 2.75. The quantitative estimate of drug-likeness (QED) is 0.528. The SMILES string of the molecule is C1=CCCCCC=C1.C1=CCCCCC=C1.[Pd]. The van der Waals surface area contributed by atoms with Gasteiger partial charge in [-0.05, 0) is 51.4 Å². The Labute approximate surface area is 120 Å². The Balaban J connectivity index is 0.000000284. The number of allylic oxidation sites excluding steroid dienone is 8. The maximum Gasteiger partial charge on any atom is 0 e. The van der Waals surface area contributed by atoms with Crippen LogP contribution in [0.1, 0.15) is 51.4 Å². The van der Waals surface area contributed by atoms with Gasteiger partial charge in [0.05, 0.1) is 0 Å². The molecular weight excluding hydrogens is 299 g/mol. The fourth-order valence-corrected chi connectivity index (χ4v) is 1.75. The summed E-state index contributed by atoms with van der Waals surface area (Å²) < 4.78 is 0. The van der Waals surface area contributed by atoms with E-state index in [-0.39, 0.29) is 20.4 Å². The number of rotatable bonds is 0. The molecule has 0 heterocycles. The second-order valence-electron chi connectivity index (χ2n) is 4.28. The van der Waals surface area contributed by atoms with E-state index in [2.05, 4.69) is 48.6 Å². The fraction of sp³-hybridized carbons (Fsp3) is 0.500. The van der Waals surface area contributed by atoms with Crippen LogP contribution in [0.3, 0.4) is 0 Å². The normalized spacial score (nSPS) is 18.8. The van der Waals surface area contributed by atoms with Crippen LogP contribution in [-0.4, -0.2) is 0 Å². The molecule has 98 valence electrons. The van der Waals surface area contributed by atoms with Crippen molar-refractivity contribution in [3.05, 3.63) is 48.6 Å². The molecule has 0 unspecified atom stereocenters. The molecule has 2 rings (SSSR count). The van der Waals surface area contributed by atoms with Gasteiger partial charge in [0, 0.05) is 20.4 Å². The number of hydrogen-bond acceptors (Lipinski definition) is 0. The predicted octanol–water partition coefficient (Wildman–Crippen LogP) is 5.34. The zero-order valence-corrected chi connectivity index (χ0v) is 12.1. The average Bonchev–Trinajstić information content (AvgIpc) is 2.15. The number of hydrogen-bond donors (Lipinski definition) is 0. The molecule has 2 aliphatic carbocycles. The molecule has 0 aromatic heterocycles. The van der Waals surface area contributed by atoms with Crippen LogP contribution in [0.5, 0.6) is 0 Å². The Hall–Kier alpha value is -0.378. The molecule has 0 radical (unpaired) electrons. The van der Waals surface area contributed by atoms with E-state index in [0.717, 1.165) is 0 Å². The van der Waals surface area contributed by atoms with Crippen LogP contribution in [0.15, 0.2) is 48.6 Å². The molecule has 17 heavy (non-hydrogen) atoms. The van der Waals surface area contributed by atoms with Gasteiger partial charge in [-0.2, -0.15) is 0 Å². The van der Waals surface area contributed by atoms with Crippen molar-refractivity contribution in [1.82, 2.24) is 0 Å². The van der Waals surface area contributed by atoms with Crippen LogP contribution in [-0.2, 0) is 20.4 Å². The molecule has 0 bridgehead atoms. The molecule has 0 spiro atoms. The first kappa shape index (κ1) is 16.6. The van der Waals surface area contributed by atoms with E-state index in [1.165, 1.54) is 51.4 Å². The molecule has 0 fully saturated rings. The summed E-state index contributed by atoms with van der Waals surface area (Å²) in [6, 6.07) is 0. The molecular formula is C16H24Pd. The molecule has 0 aromatic carbocycles. The van der Waals surface area contributed by atoms with Crippen molar-refractivity contribution >= 4 is 0 Å². The van der Waals surface area contributed by atoms with Gasteiger partial charge >= 0.3 is 0 Å². The van der Waals surface area contributed by atoms with Crippen molar-refractivity contribution in [2.24, 2.45) is 0 Å². The van der Waals surface area contributed by atoms with E-state index in [9.17, 15) is 0 Å². The smallest absolute Gasteiger partial charge is 0 e. The van der Waals surface area contributed by atoms with Gasteiger partial charge in [0.25, 0.3) is 0 Å². The average molecular weight is 323 g/mol. The minimum absolute atomic E-state index is 0. The summed E-state index contributed by atoms with van der Waals surface area (Å²) in [6.45, 7) is 0. The van der Waals surface area contributed by atoms with Gasteiger partial charge in [-0.1, -0.05) is 48.6 Å². The van der Waals surface area contributed by atoms with Crippen molar-refractivity contribution in [2.75, 3.05) is 0 Å². The minimum atomic E-state index is 0. The molecule has 0 saturated carbocycles. The Kier molecular flexibility index (Phi) is 13.4. The van der Waals surface area contributed by atoms with E-state index < -0.39 is 0 Å². The summed E-state index contributed by atoms with van der Waals surface area (Å²) in [6.07, 6.45) is 28.0. The Morgan fingerprint density at radius 2 is 0.647 bits per heavy atom. The topological polar surface area (TPSA) is 0 Å². The predicted molar refractivity (Wildman–Crippen MR) is 73.5 cm³/mol. The van der Waals surface area contributed by atoms with Gasteiger partial charge in [0.2, 0.25) is 0 Å². The molecule has 0 amide bonds. The zero-order valence-electron chi connectivity index (χ0n) is 10.6. The van der Waals surface area contributed by atoms with E-state index >= 15 is 0 Å². The van der Waals surface area contributed by atoms with Gasteiger partial charge in [-0.25, -0.2) is 0 Å². The molecule has 1 heteroatoms. The summed E-state index contributed by atoms with van der Waals surface area (Å²) in [5, 5.41) is 0. The zero-order chi connectivity index (χ0) is 11.3. The second-order valence-corrected chi connectivity index (χ2v) is 4.28. The van der Waals surface area contributed by atoms with Gasteiger partial charge in [-0.15, -0.1) is 0 Å². The Morgan fingerprint density at radius 3 is 0.882 bits per heavy atom. The van der Waals surface area contributed by atoms with E-state index in [0.29, 0.717) is 0 Å². The van der Waals surface area contributed by atoms with Crippen LogP contribution in [0.25, 0.3) is 0 Å². The van der Waals surface area contributed by atoms with Crippen LogP contribution < -0.4 is 0 Å². The monoisotopic (exact) mass is 322 g/mol. The van der Waals surface area contributed by atoms with Gasteiger partial charge in [-0.3, -0.25) is 0 Å². The van der Waals surface area contributed by atoms with Crippen molar-refractivity contribution < 1.29 is 20.4 Å². The summed E-state index contributed by atoms with van der Waals surface area (Å²) in [5.74, 6) is 0. The summed E-state index contributed by atoms with van der Waals surface area (Å²) >= 11 is 0. The van der Waals surface area contributed by atoms with Crippen molar-refractivity contribution in [1.29, 1.82) is 0 Å². The first-order valence-electron chi connectivity index (χ1n) is 6.63. The Morgan fingerprint density at radius 1 is 0.412 bits per heavy atom. The summed E-state index contributed by atoms with van der Waals surface area (Å²) in [7, 11) is 0. The van der Waals surface area contributed by atoms with Crippen molar-refractivity contribution in [2.45, 2.75) is 51.4 Å². The second kappa shape index (κ2) is 13.7. The van der Waals surface area contributed by atoms with Crippen molar-refractivity contribution in [3.8, 4) is 0 Å². The molecule has 0 N–H and O–H groups in total. The summed E-state index contributed by atoms with van der Waals surface area (Å²) in [5.41, 5.74) is 0. The largest absolute Gasteiger partial charge is 0.0845 e. The minimum Gasteiger partial charge on any atom is -0.0845 e. The third-order valence-corrected chi connectivity index (χ3v) is 2.75. The molecule has 0 aromatic rings. The van der Waals surface area contributed by atoms with Crippen LogP contribution in [0.2, 0.25) is 0 Å². The van der Waals surface area contributed by atoms with Crippen LogP contribution in [0, 0.1) is 0 Å².